The lowest BCUT2D eigenvalue weighted by atomic mass is 9.94. The molecule has 6 heteroatoms. The maximum atomic E-state index is 6.57. The third kappa shape index (κ3) is 3.96. The Morgan fingerprint density at radius 1 is 0.774 bits per heavy atom. The van der Waals surface area contributed by atoms with Gasteiger partial charge in [0.25, 0.3) is 0 Å². The van der Waals surface area contributed by atoms with Crippen LogP contribution in [0.15, 0.2) is 30.3 Å². The number of benzene rings is 1. The van der Waals surface area contributed by atoms with E-state index in [1.54, 1.807) is 0 Å². The van der Waals surface area contributed by atoms with Crippen LogP contribution < -0.4 is 0 Å². The highest BCUT2D eigenvalue weighted by molar-refractivity contribution is 5.14. The van der Waals surface area contributed by atoms with Crippen LogP contribution >= 0.6 is 0 Å². The van der Waals surface area contributed by atoms with Crippen molar-refractivity contribution in [2.45, 2.75) is 113 Å². The van der Waals surface area contributed by atoms with Crippen molar-refractivity contribution in [3.05, 3.63) is 35.9 Å². The van der Waals surface area contributed by atoms with Crippen LogP contribution in [0.5, 0.6) is 0 Å². The quantitative estimate of drug-likeness (QED) is 0.704. The van der Waals surface area contributed by atoms with Crippen molar-refractivity contribution in [2.75, 3.05) is 6.61 Å². The molecule has 2 spiro atoms. The van der Waals surface area contributed by atoms with Crippen LogP contribution in [0.2, 0.25) is 0 Å². The predicted molar refractivity (Wildman–Crippen MR) is 112 cm³/mol. The van der Waals surface area contributed by atoms with E-state index in [-0.39, 0.29) is 24.4 Å². The number of ether oxygens (including phenoxy) is 6. The van der Waals surface area contributed by atoms with E-state index in [1.165, 1.54) is 12.8 Å². The van der Waals surface area contributed by atoms with Gasteiger partial charge in [-0.05, 0) is 31.2 Å². The zero-order chi connectivity index (χ0) is 20.7. The summed E-state index contributed by atoms with van der Waals surface area (Å²) in [6.45, 7) is 1.06. The molecule has 3 heterocycles. The largest absolute Gasteiger partial charge is 0.368 e. The van der Waals surface area contributed by atoms with Gasteiger partial charge in [-0.15, -0.1) is 0 Å². The van der Waals surface area contributed by atoms with Gasteiger partial charge < -0.3 is 28.4 Å². The Kier molecular flexibility index (Phi) is 5.57. The van der Waals surface area contributed by atoms with Gasteiger partial charge in [0.1, 0.15) is 24.4 Å². The second-order valence-corrected chi connectivity index (χ2v) is 9.84. The second kappa shape index (κ2) is 8.40. The molecule has 5 atom stereocenters. The Labute approximate surface area is 184 Å². The number of hydrogen-bond acceptors (Lipinski definition) is 6. The number of fused-ring (bicyclic) bond motifs is 1. The summed E-state index contributed by atoms with van der Waals surface area (Å²) in [4.78, 5) is 0. The van der Waals surface area contributed by atoms with Crippen LogP contribution in [0.3, 0.4) is 0 Å². The van der Waals surface area contributed by atoms with E-state index in [0.717, 1.165) is 56.9 Å². The third-order valence-electron chi connectivity index (χ3n) is 7.65. The molecule has 0 bridgehead atoms. The molecule has 1 aromatic rings. The van der Waals surface area contributed by atoms with E-state index < -0.39 is 17.9 Å². The molecule has 31 heavy (non-hydrogen) atoms. The van der Waals surface area contributed by atoms with Crippen LogP contribution in [0.25, 0.3) is 0 Å². The molecule has 5 aliphatic rings. The minimum Gasteiger partial charge on any atom is -0.368 e. The Hall–Kier alpha value is -1.02. The molecule has 1 aromatic carbocycles. The van der Waals surface area contributed by atoms with Gasteiger partial charge >= 0.3 is 0 Å². The highest BCUT2D eigenvalue weighted by Crippen LogP contribution is 2.48. The summed E-state index contributed by atoms with van der Waals surface area (Å²) in [6, 6.07) is 10.3. The van der Waals surface area contributed by atoms with Gasteiger partial charge in [-0.2, -0.15) is 0 Å². The van der Waals surface area contributed by atoms with Crippen molar-refractivity contribution >= 4 is 0 Å². The predicted octanol–water partition coefficient (Wildman–Crippen LogP) is 4.45. The van der Waals surface area contributed by atoms with Crippen molar-refractivity contribution in [1.82, 2.24) is 0 Å². The fourth-order valence-corrected chi connectivity index (χ4v) is 6.03. The molecule has 5 fully saturated rings. The SMILES string of the molecule is c1ccc(CO[C@H]2[C@@H]3OC4(CCCCC4)O[C@@H]3O[C@H]2[C@@H]2COC3(CCCCC3)O2)cc1. The third-order valence-corrected chi connectivity index (χ3v) is 7.65. The molecular weight excluding hydrogens is 396 g/mol. The fraction of sp³-hybridized carbons (Fsp3) is 0.760. The first-order valence-electron chi connectivity index (χ1n) is 12.2. The van der Waals surface area contributed by atoms with Gasteiger partial charge in [0, 0.05) is 25.7 Å². The summed E-state index contributed by atoms with van der Waals surface area (Å²) >= 11 is 0. The van der Waals surface area contributed by atoms with Crippen LogP contribution in [0, 0.1) is 0 Å². The van der Waals surface area contributed by atoms with E-state index >= 15 is 0 Å². The zero-order valence-corrected chi connectivity index (χ0v) is 18.2. The second-order valence-electron chi connectivity index (χ2n) is 9.84. The average Bonchev–Trinajstić information content (AvgIpc) is 3.46. The summed E-state index contributed by atoms with van der Waals surface area (Å²) in [5.74, 6) is -0.926. The summed E-state index contributed by atoms with van der Waals surface area (Å²) in [5.41, 5.74) is 1.14. The lowest BCUT2D eigenvalue weighted by molar-refractivity contribution is -0.263. The summed E-state index contributed by atoms with van der Waals surface area (Å²) < 4.78 is 38.6. The first-order valence-corrected chi connectivity index (χ1v) is 12.2. The Morgan fingerprint density at radius 3 is 2.23 bits per heavy atom. The van der Waals surface area contributed by atoms with E-state index in [2.05, 4.69) is 12.1 Å². The van der Waals surface area contributed by atoms with Crippen LogP contribution in [0.4, 0.5) is 0 Å². The van der Waals surface area contributed by atoms with Gasteiger partial charge in [-0.1, -0.05) is 43.2 Å². The monoisotopic (exact) mass is 430 g/mol. The van der Waals surface area contributed by atoms with Crippen molar-refractivity contribution in [3.63, 3.8) is 0 Å². The maximum absolute atomic E-state index is 6.57. The topological polar surface area (TPSA) is 55.4 Å². The van der Waals surface area contributed by atoms with E-state index in [4.69, 9.17) is 28.4 Å². The highest BCUT2D eigenvalue weighted by atomic mass is 16.9. The van der Waals surface area contributed by atoms with Crippen LogP contribution in [-0.2, 0) is 35.0 Å². The number of hydrogen-bond donors (Lipinski definition) is 0. The number of rotatable bonds is 4. The summed E-state index contributed by atoms with van der Waals surface area (Å²) in [7, 11) is 0. The van der Waals surface area contributed by atoms with Crippen molar-refractivity contribution < 1.29 is 28.4 Å². The normalized spacial score (nSPS) is 38.6. The summed E-state index contributed by atoms with van der Waals surface area (Å²) in [6.07, 6.45) is 9.65. The molecule has 6 rings (SSSR count). The maximum Gasteiger partial charge on any atom is 0.190 e. The Balaban J connectivity index is 1.19. The molecule has 6 nitrogen and oxygen atoms in total. The lowest BCUT2D eigenvalue weighted by Gasteiger charge is -2.35. The van der Waals surface area contributed by atoms with Gasteiger partial charge in [0.05, 0.1) is 13.2 Å². The summed E-state index contributed by atoms with van der Waals surface area (Å²) in [5, 5.41) is 0. The van der Waals surface area contributed by atoms with Crippen LogP contribution in [0.1, 0.15) is 69.8 Å². The minimum absolute atomic E-state index is 0.154. The molecule has 0 amide bonds. The Bertz CT molecular complexity index is 742. The first-order chi connectivity index (χ1) is 15.2. The van der Waals surface area contributed by atoms with Gasteiger partial charge in [-0.3, -0.25) is 0 Å². The van der Waals surface area contributed by atoms with Gasteiger partial charge in [-0.25, -0.2) is 0 Å². The van der Waals surface area contributed by atoms with Gasteiger partial charge in [0.2, 0.25) is 0 Å². The molecule has 2 aliphatic carbocycles. The highest BCUT2D eigenvalue weighted by Gasteiger charge is 2.61. The van der Waals surface area contributed by atoms with Gasteiger partial charge in [0.15, 0.2) is 17.9 Å². The molecular formula is C25H34O6. The molecule has 0 N–H and O–H groups in total. The Morgan fingerprint density at radius 2 is 1.48 bits per heavy atom. The molecule has 0 aromatic heterocycles. The van der Waals surface area contributed by atoms with Crippen molar-refractivity contribution in [1.29, 1.82) is 0 Å². The lowest BCUT2D eigenvalue weighted by Crippen LogP contribution is -2.45. The first kappa shape index (κ1) is 20.6. The average molecular weight is 431 g/mol. The van der Waals surface area contributed by atoms with E-state index in [0.29, 0.717) is 13.2 Å². The van der Waals surface area contributed by atoms with E-state index in [1.807, 2.05) is 18.2 Å². The fourth-order valence-electron chi connectivity index (χ4n) is 6.03. The zero-order valence-electron chi connectivity index (χ0n) is 18.2. The van der Waals surface area contributed by atoms with Crippen molar-refractivity contribution in [3.8, 4) is 0 Å². The molecule has 0 unspecified atom stereocenters. The van der Waals surface area contributed by atoms with E-state index in [9.17, 15) is 0 Å². The standard InChI is InChI=1S/C25H34O6/c1-4-10-18(11-5-1)16-26-21-20(19-17-27-24(29-19)12-6-2-7-13-24)28-23-22(21)30-25(31-23)14-8-3-9-15-25/h1,4-5,10-11,19-23H,2-3,6-9,12-17H2/t19-,20-,21+,22-,23-/m0/s1. The molecule has 170 valence electrons. The molecule has 3 aliphatic heterocycles. The molecule has 3 saturated heterocycles. The molecule has 2 saturated carbocycles. The smallest absolute Gasteiger partial charge is 0.190 e. The van der Waals surface area contributed by atoms with Crippen LogP contribution in [-0.4, -0.2) is 48.9 Å². The van der Waals surface area contributed by atoms with Crippen molar-refractivity contribution in [2.24, 2.45) is 0 Å². The molecule has 0 radical (unpaired) electrons. The minimum atomic E-state index is -0.496.